The molecule has 21 heavy (non-hydrogen) atoms. The molecule has 2 fully saturated rings. The van der Waals surface area contributed by atoms with E-state index in [2.05, 4.69) is 11.8 Å². The molecule has 1 spiro atoms. The Morgan fingerprint density at radius 3 is 2.48 bits per heavy atom. The number of rotatable bonds is 4. The van der Waals surface area contributed by atoms with Gasteiger partial charge in [0.2, 0.25) is 11.8 Å². The molecule has 0 radical (unpaired) electrons. The zero-order chi connectivity index (χ0) is 15.6. The first kappa shape index (κ1) is 16.2. The average molecular weight is 297 g/mol. The van der Waals surface area contributed by atoms with Gasteiger partial charge >= 0.3 is 0 Å². The number of carbonyl (C=O) groups is 2. The van der Waals surface area contributed by atoms with Crippen LogP contribution in [0.5, 0.6) is 0 Å². The maximum absolute atomic E-state index is 12.1. The fraction of sp³-hybridized carbons (Fsp3) is 0.867. The van der Waals surface area contributed by atoms with Crippen LogP contribution in [0.3, 0.4) is 0 Å². The first-order valence-corrected chi connectivity index (χ1v) is 7.72. The van der Waals surface area contributed by atoms with Crippen molar-refractivity contribution in [3.63, 3.8) is 0 Å². The molecule has 2 heterocycles. The van der Waals surface area contributed by atoms with Gasteiger partial charge < -0.3 is 14.5 Å². The normalized spacial score (nSPS) is 24.8. The Balaban J connectivity index is 1.84. The fourth-order valence-corrected chi connectivity index (χ4v) is 3.05. The predicted molar refractivity (Wildman–Crippen MR) is 79.9 cm³/mol. The minimum absolute atomic E-state index is 0.0718. The highest BCUT2D eigenvalue weighted by Crippen LogP contribution is 2.31. The van der Waals surface area contributed by atoms with Gasteiger partial charge in [0.25, 0.3) is 0 Å². The van der Waals surface area contributed by atoms with Crippen molar-refractivity contribution in [1.29, 1.82) is 0 Å². The lowest BCUT2D eigenvalue weighted by Crippen LogP contribution is -2.73. The Bertz CT molecular complexity index is 405. The second kappa shape index (κ2) is 6.32. The Morgan fingerprint density at radius 1 is 1.29 bits per heavy atom. The monoisotopic (exact) mass is 297 g/mol. The summed E-state index contributed by atoms with van der Waals surface area (Å²) in [4.78, 5) is 29.5. The van der Waals surface area contributed by atoms with Crippen LogP contribution in [0.2, 0.25) is 0 Å². The molecular weight excluding hydrogens is 270 g/mol. The maximum atomic E-state index is 12.1. The van der Waals surface area contributed by atoms with E-state index in [0.717, 1.165) is 12.8 Å². The lowest BCUT2D eigenvalue weighted by Gasteiger charge is -2.55. The van der Waals surface area contributed by atoms with E-state index in [-0.39, 0.29) is 23.5 Å². The molecule has 0 saturated carbocycles. The summed E-state index contributed by atoms with van der Waals surface area (Å²) in [6, 6.07) is -0.213. The van der Waals surface area contributed by atoms with Crippen molar-refractivity contribution in [1.82, 2.24) is 14.7 Å². The van der Waals surface area contributed by atoms with E-state index < -0.39 is 0 Å². The van der Waals surface area contributed by atoms with Gasteiger partial charge in [-0.15, -0.1) is 0 Å². The average Bonchev–Trinajstić information content (AvgIpc) is 2.41. The van der Waals surface area contributed by atoms with Crippen molar-refractivity contribution < 1.29 is 14.3 Å². The standard InChI is InChI=1S/C15H27N3O3/c1-5-6-7-13(19)18-10-15(11-18)9-17(4)12(8-21-15)14(20)16(2)3/h12H,5-11H2,1-4H3/t12-/m0/s1. The molecule has 2 amide bonds. The molecule has 6 nitrogen and oxygen atoms in total. The van der Waals surface area contributed by atoms with Crippen molar-refractivity contribution in [2.45, 2.75) is 37.8 Å². The summed E-state index contributed by atoms with van der Waals surface area (Å²) in [5.41, 5.74) is -0.264. The molecule has 0 aromatic heterocycles. The summed E-state index contributed by atoms with van der Waals surface area (Å²) in [6.45, 7) is 4.51. The zero-order valence-electron chi connectivity index (χ0n) is 13.6. The first-order chi connectivity index (χ1) is 9.88. The Labute approximate surface area is 127 Å². The number of amides is 2. The van der Waals surface area contributed by atoms with E-state index in [0.29, 0.717) is 32.7 Å². The van der Waals surface area contributed by atoms with E-state index in [1.807, 2.05) is 11.9 Å². The van der Waals surface area contributed by atoms with Crippen LogP contribution in [0.4, 0.5) is 0 Å². The summed E-state index contributed by atoms with van der Waals surface area (Å²) in [5, 5.41) is 0. The molecule has 0 bridgehead atoms. The quantitative estimate of drug-likeness (QED) is 0.743. The summed E-state index contributed by atoms with van der Waals surface area (Å²) in [7, 11) is 5.48. The summed E-state index contributed by atoms with van der Waals surface area (Å²) in [5.74, 6) is 0.294. The number of nitrogens with zero attached hydrogens (tertiary/aromatic N) is 3. The highest BCUT2D eigenvalue weighted by Gasteiger charge is 2.51. The van der Waals surface area contributed by atoms with Gasteiger partial charge in [0, 0.05) is 27.1 Å². The van der Waals surface area contributed by atoms with E-state index in [1.165, 1.54) is 0 Å². The molecule has 0 unspecified atom stereocenters. The lowest BCUT2D eigenvalue weighted by atomic mass is 9.90. The molecule has 0 aromatic rings. The van der Waals surface area contributed by atoms with E-state index in [4.69, 9.17) is 4.74 Å². The fourth-order valence-electron chi connectivity index (χ4n) is 3.05. The number of hydrogen-bond acceptors (Lipinski definition) is 4. The van der Waals surface area contributed by atoms with Crippen molar-refractivity contribution in [3.8, 4) is 0 Å². The van der Waals surface area contributed by atoms with E-state index in [1.54, 1.807) is 19.0 Å². The van der Waals surface area contributed by atoms with Crippen molar-refractivity contribution in [3.05, 3.63) is 0 Å². The van der Waals surface area contributed by atoms with Crippen LogP contribution in [0, 0.1) is 0 Å². The van der Waals surface area contributed by atoms with Gasteiger partial charge in [-0.05, 0) is 13.5 Å². The van der Waals surface area contributed by atoms with Crippen LogP contribution in [0.25, 0.3) is 0 Å². The molecule has 120 valence electrons. The smallest absolute Gasteiger partial charge is 0.241 e. The van der Waals surface area contributed by atoms with Crippen LogP contribution >= 0.6 is 0 Å². The van der Waals surface area contributed by atoms with Crippen LogP contribution in [-0.4, -0.2) is 85.5 Å². The molecule has 6 heteroatoms. The van der Waals surface area contributed by atoms with Crippen LogP contribution in [0.1, 0.15) is 26.2 Å². The number of ether oxygens (including phenoxy) is 1. The SMILES string of the molecule is CCCCC(=O)N1CC2(C1)CN(C)[C@H](C(=O)N(C)C)CO2. The van der Waals surface area contributed by atoms with Gasteiger partial charge in [-0.1, -0.05) is 13.3 Å². The third kappa shape index (κ3) is 3.37. The molecule has 1 atom stereocenters. The zero-order valence-corrected chi connectivity index (χ0v) is 13.6. The molecule has 0 aliphatic carbocycles. The Morgan fingerprint density at radius 2 is 1.95 bits per heavy atom. The molecule has 0 aromatic carbocycles. The first-order valence-electron chi connectivity index (χ1n) is 7.72. The molecule has 0 N–H and O–H groups in total. The summed E-state index contributed by atoms with van der Waals surface area (Å²) >= 11 is 0. The maximum Gasteiger partial charge on any atom is 0.241 e. The topological polar surface area (TPSA) is 53.1 Å². The van der Waals surface area contributed by atoms with Gasteiger partial charge in [-0.25, -0.2) is 0 Å². The third-order valence-corrected chi connectivity index (χ3v) is 4.40. The number of likely N-dealkylation sites (tertiary alicyclic amines) is 1. The van der Waals surface area contributed by atoms with Crippen molar-refractivity contribution in [2.75, 3.05) is 47.4 Å². The predicted octanol–water partition coefficient (Wildman–Crippen LogP) is 0.176. The molecule has 2 aliphatic rings. The highest BCUT2D eigenvalue weighted by atomic mass is 16.5. The molecule has 2 aliphatic heterocycles. The van der Waals surface area contributed by atoms with Crippen LogP contribution in [-0.2, 0) is 14.3 Å². The Hall–Kier alpha value is -1.14. The second-order valence-corrected chi connectivity index (χ2v) is 6.51. The number of hydrogen-bond donors (Lipinski definition) is 0. The van der Waals surface area contributed by atoms with Crippen molar-refractivity contribution >= 4 is 11.8 Å². The highest BCUT2D eigenvalue weighted by molar-refractivity contribution is 5.81. The van der Waals surface area contributed by atoms with Gasteiger partial charge in [0.05, 0.1) is 19.7 Å². The minimum atomic E-state index is -0.264. The number of carbonyl (C=O) groups excluding carboxylic acids is 2. The Kier molecular flexibility index (Phi) is 4.88. The summed E-state index contributed by atoms with van der Waals surface area (Å²) in [6.07, 6.45) is 2.62. The van der Waals surface area contributed by atoms with E-state index in [9.17, 15) is 9.59 Å². The van der Waals surface area contributed by atoms with Gasteiger partial charge in [-0.3, -0.25) is 14.5 Å². The number of unbranched alkanes of at least 4 members (excludes halogenated alkanes) is 1. The second-order valence-electron chi connectivity index (χ2n) is 6.51. The van der Waals surface area contributed by atoms with Crippen LogP contribution < -0.4 is 0 Å². The summed E-state index contributed by atoms with van der Waals surface area (Å²) < 4.78 is 5.96. The largest absolute Gasteiger partial charge is 0.368 e. The molecule has 2 saturated heterocycles. The van der Waals surface area contributed by atoms with Gasteiger partial charge in [0.1, 0.15) is 11.6 Å². The molecule has 2 rings (SSSR count). The van der Waals surface area contributed by atoms with Crippen LogP contribution in [0.15, 0.2) is 0 Å². The minimum Gasteiger partial charge on any atom is -0.368 e. The number of morpholine rings is 1. The third-order valence-electron chi connectivity index (χ3n) is 4.40. The number of likely N-dealkylation sites (N-methyl/N-ethyl adjacent to an activating group) is 2. The van der Waals surface area contributed by atoms with Gasteiger partial charge in [-0.2, -0.15) is 0 Å². The van der Waals surface area contributed by atoms with Crippen molar-refractivity contribution in [2.24, 2.45) is 0 Å². The molecular formula is C15H27N3O3. The van der Waals surface area contributed by atoms with E-state index >= 15 is 0 Å². The lowest BCUT2D eigenvalue weighted by molar-refractivity contribution is -0.202. The van der Waals surface area contributed by atoms with Gasteiger partial charge in [0.15, 0.2) is 0 Å².